The fourth-order valence-corrected chi connectivity index (χ4v) is 2.35. The first-order valence-electron chi connectivity index (χ1n) is 6.05. The Balaban J connectivity index is 2.52. The van der Waals surface area contributed by atoms with E-state index in [1.807, 2.05) is 4.90 Å². The molecule has 3 nitrogen and oxygen atoms in total. The minimum atomic E-state index is -2.15. The van der Waals surface area contributed by atoms with Gasteiger partial charge >= 0.3 is 0 Å². The van der Waals surface area contributed by atoms with Gasteiger partial charge in [-0.1, -0.05) is 0 Å². The Kier molecular flexibility index (Phi) is 4.14. The van der Waals surface area contributed by atoms with Gasteiger partial charge in [0.2, 0.25) is 5.82 Å². The summed E-state index contributed by atoms with van der Waals surface area (Å²) in [6.45, 7) is 1.01. The van der Waals surface area contributed by atoms with E-state index in [9.17, 15) is 22.0 Å². The van der Waals surface area contributed by atoms with Crippen molar-refractivity contribution in [2.45, 2.75) is 6.04 Å². The van der Waals surface area contributed by atoms with Crippen LogP contribution in [0.25, 0.3) is 0 Å². The maximum absolute atomic E-state index is 13.8. The molecule has 1 aromatic rings. The van der Waals surface area contributed by atoms with E-state index in [1.165, 1.54) is 0 Å². The number of benzene rings is 1. The predicted molar refractivity (Wildman–Crippen MR) is 63.9 cm³/mol. The van der Waals surface area contributed by atoms with Crippen LogP contribution in [-0.2, 0) is 0 Å². The van der Waals surface area contributed by atoms with Crippen LogP contribution in [0.15, 0.2) is 0 Å². The lowest BCUT2D eigenvalue weighted by atomic mass is 10.1. The lowest BCUT2D eigenvalue weighted by Crippen LogP contribution is -2.55. The number of hydrogen-bond donors (Lipinski definition) is 1. The summed E-state index contributed by atoms with van der Waals surface area (Å²) in [5, 5.41) is 0. The largest absolute Gasteiger partial charge is 0.360 e. The fraction of sp³-hybridized carbons (Fsp3) is 0.500. The molecule has 0 aromatic heterocycles. The quantitative estimate of drug-likeness (QED) is 0.509. The molecular formula is C12H14F5N3. The Bertz CT molecular complexity index is 493. The van der Waals surface area contributed by atoms with E-state index in [4.69, 9.17) is 5.73 Å². The summed E-state index contributed by atoms with van der Waals surface area (Å²) < 4.78 is 67.1. The first-order valence-corrected chi connectivity index (χ1v) is 6.05. The van der Waals surface area contributed by atoms with Gasteiger partial charge in [-0.05, 0) is 7.05 Å². The standard InChI is InChI=1S/C12H14F5N3/c1-19-2-3-20(6(4-18)5-19)12-10(16)8(14)7(13)9(15)11(12)17/h6H,2-5,18H2,1H3. The zero-order chi connectivity index (χ0) is 15.0. The number of piperazine rings is 1. The van der Waals surface area contributed by atoms with E-state index in [0.717, 1.165) is 4.90 Å². The lowest BCUT2D eigenvalue weighted by Gasteiger charge is -2.41. The molecule has 0 radical (unpaired) electrons. The minimum absolute atomic E-state index is 0.0455. The monoisotopic (exact) mass is 295 g/mol. The van der Waals surface area contributed by atoms with Crippen molar-refractivity contribution < 1.29 is 22.0 Å². The van der Waals surface area contributed by atoms with Gasteiger partial charge < -0.3 is 15.5 Å². The lowest BCUT2D eigenvalue weighted by molar-refractivity contribution is 0.265. The molecule has 0 saturated carbocycles. The highest BCUT2D eigenvalue weighted by Gasteiger charge is 2.33. The van der Waals surface area contributed by atoms with Crippen molar-refractivity contribution in [2.75, 3.05) is 38.1 Å². The van der Waals surface area contributed by atoms with Gasteiger partial charge in [0.05, 0.1) is 6.04 Å². The van der Waals surface area contributed by atoms with E-state index in [-0.39, 0.29) is 13.1 Å². The average molecular weight is 295 g/mol. The smallest absolute Gasteiger partial charge is 0.200 e. The van der Waals surface area contributed by atoms with Gasteiger partial charge in [0.15, 0.2) is 23.3 Å². The van der Waals surface area contributed by atoms with E-state index >= 15 is 0 Å². The summed E-state index contributed by atoms with van der Waals surface area (Å²) in [5.41, 5.74) is 4.63. The second-order valence-electron chi connectivity index (χ2n) is 4.76. The van der Waals surface area contributed by atoms with Crippen molar-refractivity contribution in [1.29, 1.82) is 0 Å². The average Bonchev–Trinajstić information content (AvgIpc) is 2.44. The highest BCUT2D eigenvalue weighted by atomic mass is 19.2. The van der Waals surface area contributed by atoms with E-state index in [1.54, 1.807) is 7.05 Å². The molecule has 8 heteroatoms. The van der Waals surface area contributed by atoms with Crippen LogP contribution in [0.1, 0.15) is 0 Å². The van der Waals surface area contributed by atoms with Crippen LogP contribution < -0.4 is 10.6 Å². The van der Waals surface area contributed by atoms with Crippen LogP contribution in [0.3, 0.4) is 0 Å². The van der Waals surface area contributed by atoms with Crippen molar-refractivity contribution in [2.24, 2.45) is 5.73 Å². The maximum Gasteiger partial charge on any atom is 0.200 e. The second kappa shape index (κ2) is 5.53. The van der Waals surface area contributed by atoms with Gasteiger partial charge in [-0.15, -0.1) is 0 Å². The third-order valence-corrected chi connectivity index (χ3v) is 3.43. The number of anilines is 1. The van der Waals surface area contributed by atoms with Crippen LogP contribution >= 0.6 is 0 Å². The molecule has 0 spiro atoms. The summed E-state index contributed by atoms with van der Waals surface area (Å²) in [5.74, 6) is -9.65. The topological polar surface area (TPSA) is 32.5 Å². The third-order valence-electron chi connectivity index (χ3n) is 3.43. The van der Waals surface area contributed by atoms with Crippen LogP contribution in [0.5, 0.6) is 0 Å². The molecule has 1 aliphatic rings. The van der Waals surface area contributed by atoms with E-state index in [0.29, 0.717) is 13.1 Å². The molecule has 0 bridgehead atoms. The van der Waals surface area contributed by atoms with Gasteiger partial charge in [-0.25, -0.2) is 22.0 Å². The highest BCUT2D eigenvalue weighted by Crippen LogP contribution is 2.32. The Hall–Kier alpha value is -1.41. The zero-order valence-corrected chi connectivity index (χ0v) is 10.8. The van der Waals surface area contributed by atoms with Crippen molar-refractivity contribution in [3.63, 3.8) is 0 Å². The van der Waals surface area contributed by atoms with Gasteiger partial charge in [-0.3, -0.25) is 0 Å². The number of halogens is 5. The first kappa shape index (κ1) is 15.0. The van der Waals surface area contributed by atoms with Gasteiger partial charge in [0, 0.05) is 26.2 Å². The molecular weight excluding hydrogens is 281 g/mol. The highest BCUT2D eigenvalue weighted by molar-refractivity contribution is 5.52. The van der Waals surface area contributed by atoms with Crippen LogP contribution in [0, 0.1) is 29.1 Å². The van der Waals surface area contributed by atoms with Crippen molar-refractivity contribution >= 4 is 5.69 Å². The van der Waals surface area contributed by atoms with Crippen LogP contribution in [0.4, 0.5) is 27.6 Å². The molecule has 2 rings (SSSR count). The normalized spacial score (nSPS) is 20.6. The molecule has 1 unspecified atom stereocenters. The van der Waals surface area contributed by atoms with Crippen molar-refractivity contribution in [3.05, 3.63) is 29.1 Å². The molecule has 1 fully saturated rings. The SMILES string of the molecule is CN1CCN(c2c(F)c(F)c(F)c(F)c2F)C(CN)C1. The van der Waals surface area contributed by atoms with Gasteiger partial charge in [-0.2, -0.15) is 0 Å². The second-order valence-corrected chi connectivity index (χ2v) is 4.76. The van der Waals surface area contributed by atoms with E-state index in [2.05, 4.69) is 0 Å². The molecule has 20 heavy (non-hydrogen) atoms. The maximum atomic E-state index is 13.8. The Morgan fingerprint density at radius 3 is 1.95 bits per heavy atom. The Labute approximate surface area is 112 Å². The van der Waals surface area contributed by atoms with Crippen molar-refractivity contribution in [3.8, 4) is 0 Å². The Morgan fingerprint density at radius 1 is 0.950 bits per heavy atom. The summed E-state index contributed by atoms with van der Waals surface area (Å²) in [7, 11) is 1.79. The molecule has 2 N–H and O–H groups in total. The molecule has 1 heterocycles. The fourth-order valence-electron chi connectivity index (χ4n) is 2.35. The molecule has 0 aliphatic carbocycles. The molecule has 1 saturated heterocycles. The zero-order valence-electron chi connectivity index (χ0n) is 10.8. The van der Waals surface area contributed by atoms with Crippen molar-refractivity contribution in [1.82, 2.24) is 4.90 Å². The number of rotatable bonds is 2. The number of hydrogen-bond acceptors (Lipinski definition) is 3. The third kappa shape index (κ3) is 2.33. The summed E-state index contributed by atoms with van der Waals surface area (Å²) in [6, 6.07) is -0.512. The minimum Gasteiger partial charge on any atom is -0.360 e. The number of nitrogens with two attached hydrogens (primary N) is 1. The predicted octanol–water partition coefficient (Wildman–Crippen LogP) is 1.46. The van der Waals surface area contributed by atoms with Gasteiger partial charge in [0.25, 0.3) is 0 Å². The molecule has 0 amide bonds. The number of likely N-dealkylation sites (N-methyl/N-ethyl adjacent to an activating group) is 1. The molecule has 1 aromatic carbocycles. The molecule has 112 valence electrons. The Morgan fingerprint density at radius 2 is 1.45 bits per heavy atom. The van der Waals surface area contributed by atoms with E-state index < -0.39 is 40.8 Å². The van der Waals surface area contributed by atoms with Crippen LogP contribution in [-0.4, -0.2) is 44.2 Å². The molecule has 1 atom stereocenters. The number of nitrogens with zero attached hydrogens (tertiary/aromatic N) is 2. The first-order chi connectivity index (χ1) is 9.38. The van der Waals surface area contributed by atoms with Gasteiger partial charge in [0.1, 0.15) is 5.69 Å². The molecule has 1 aliphatic heterocycles. The summed E-state index contributed by atoms with van der Waals surface area (Å²) in [6.07, 6.45) is 0. The summed E-state index contributed by atoms with van der Waals surface area (Å²) in [4.78, 5) is 3.02. The van der Waals surface area contributed by atoms with Crippen LogP contribution in [0.2, 0.25) is 0 Å². The summed E-state index contributed by atoms with van der Waals surface area (Å²) >= 11 is 0.